The van der Waals surface area contributed by atoms with Crippen molar-refractivity contribution in [3.8, 4) is 0 Å². The minimum absolute atomic E-state index is 0.0937. The molecule has 2 atom stereocenters. The molecule has 0 spiro atoms. The first-order valence-electron chi connectivity index (χ1n) is 9.86. The Kier molecular flexibility index (Phi) is 7.02. The molecule has 2 aromatic carbocycles. The van der Waals surface area contributed by atoms with Gasteiger partial charge in [0.25, 0.3) is 0 Å². The van der Waals surface area contributed by atoms with Gasteiger partial charge in [-0.25, -0.2) is 0 Å². The molecule has 0 aromatic heterocycles. The molecule has 1 heterocycles. The summed E-state index contributed by atoms with van der Waals surface area (Å²) < 4.78 is 5.74. The van der Waals surface area contributed by atoms with Crippen LogP contribution in [-0.2, 0) is 9.53 Å². The van der Waals surface area contributed by atoms with Crippen LogP contribution in [0.25, 0.3) is 0 Å². The molecule has 1 amide bonds. The molecule has 1 N–H and O–H groups in total. The first-order valence-corrected chi connectivity index (χ1v) is 9.86. The summed E-state index contributed by atoms with van der Waals surface area (Å²) in [5, 5.41) is 3.11. The van der Waals surface area contributed by atoms with Gasteiger partial charge in [-0.3, -0.25) is 9.69 Å². The average Bonchev–Trinajstić information content (AvgIpc) is 2.66. The summed E-state index contributed by atoms with van der Waals surface area (Å²) in [4.78, 5) is 14.6. The van der Waals surface area contributed by atoms with Crippen molar-refractivity contribution in [2.75, 3.05) is 26.2 Å². The van der Waals surface area contributed by atoms with E-state index < -0.39 is 0 Å². The molecule has 0 aliphatic carbocycles. The topological polar surface area (TPSA) is 41.6 Å². The van der Waals surface area contributed by atoms with Gasteiger partial charge in [0.05, 0.1) is 18.8 Å². The highest BCUT2D eigenvalue weighted by Crippen LogP contribution is 2.27. The van der Waals surface area contributed by atoms with E-state index in [-0.39, 0.29) is 24.0 Å². The Hall–Kier alpha value is -2.17. The molecular formula is C23H30N2O2. The fraction of sp³-hybridized carbons (Fsp3) is 0.435. The number of ether oxygens (including phenoxy) is 1. The van der Waals surface area contributed by atoms with Crippen molar-refractivity contribution in [1.82, 2.24) is 10.2 Å². The average molecular weight is 367 g/mol. The Morgan fingerprint density at radius 1 is 1.00 bits per heavy atom. The maximum Gasteiger partial charge on any atom is 0.234 e. The highest BCUT2D eigenvalue weighted by molar-refractivity contribution is 5.78. The lowest BCUT2D eigenvalue weighted by atomic mass is 9.88. The number of carbonyl (C=O) groups excluding carboxylic acids is 1. The first kappa shape index (κ1) is 19.6. The molecule has 1 aliphatic rings. The number of nitrogens with one attached hydrogen (secondary N) is 1. The van der Waals surface area contributed by atoms with Gasteiger partial charge in [0.1, 0.15) is 0 Å². The zero-order valence-electron chi connectivity index (χ0n) is 16.3. The lowest BCUT2D eigenvalue weighted by molar-refractivity contribution is -0.125. The van der Waals surface area contributed by atoms with E-state index >= 15 is 0 Å². The second-order valence-electron chi connectivity index (χ2n) is 7.46. The monoisotopic (exact) mass is 366 g/mol. The summed E-state index contributed by atoms with van der Waals surface area (Å²) in [6, 6.07) is 21.0. The number of nitrogens with zero attached hydrogens (tertiary/aromatic N) is 1. The van der Waals surface area contributed by atoms with Crippen molar-refractivity contribution >= 4 is 5.91 Å². The lowest BCUT2D eigenvalue weighted by Crippen LogP contribution is -2.49. The van der Waals surface area contributed by atoms with Crippen LogP contribution in [0.15, 0.2) is 60.7 Å². The summed E-state index contributed by atoms with van der Waals surface area (Å²) >= 11 is 0. The van der Waals surface area contributed by atoms with Gasteiger partial charge < -0.3 is 10.1 Å². The number of hydrogen-bond donors (Lipinski definition) is 1. The van der Waals surface area contributed by atoms with Crippen molar-refractivity contribution < 1.29 is 9.53 Å². The number of carbonyl (C=O) groups is 1. The summed E-state index contributed by atoms with van der Waals surface area (Å²) in [6.45, 7) is 6.86. The third kappa shape index (κ3) is 5.91. The quantitative estimate of drug-likeness (QED) is 0.816. The predicted molar refractivity (Wildman–Crippen MR) is 109 cm³/mol. The van der Waals surface area contributed by atoms with Crippen LogP contribution in [0.2, 0.25) is 0 Å². The van der Waals surface area contributed by atoms with E-state index in [2.05, 4.69) is 72.6 Å². The van der Waals surface area contributed by atoms with E-state index in [1.54, 1.807) is 0 Å². The molecule has 27 heavy (non-hydrogen) atoms. The Labute approximate surface area is 162 Å². The minimum atomic E-state index is 0.0937. The van der Waals surface area contributed by atoms with Crippen molar-refractivity contribution in [3.63, 3.8) is 0 Å². The second-order valence-corrected chi connectivity index (χ2v) is 7.46. The van der Waals surface area contributed by atoms with E-state index in [9.17, 15) is 4.79 Å². The summed E-state index contributed by atoms with van der Waals surface area (Å²) in [7, 11) is 0. The predicted octanol–water partition coefficient (Wildman–Crippen LogP) is 3.43. The maximum absolute atomic E-state index is 12.4. The SMILES string of the molecule is CC1CN(CC(=O)NCCC(c2ccccc2)c2ccccc2)CC(C)O1. The Morgan fingerprint density at radius 2 is 1.52 bits per heavy atom. The van der Waals surface area contributed by atoms with E-state index in [0.29, 0.717) is 13.1 Å². The number of benzene rings is 2. The molecule has 1 saturated heterocycles. The Morgan fingerprint density at radius 3 is 2.04 bits per heavy atom. The molecule has 3 rings (SSSR count). The molecule has 144 valence electrons. The molecule has 1 aliphatic heterocycles. The van der Waals surface area contributed by atoms with Crippen molar-refractivity contribution in [2.45, 2.75) is 38.4 Å². The van der Waals surface area contributed by atoms with Gasteiger partial charge in [0, 0.05) is 25.6 Å². The third-order valence-corrected chi connectivity index (χ3v) is 5.02. The molecule has 4 nitrogen and oxygen atoms in total. The molecule has 4 heteroatoms. The van der Waals surface area contributed by atoms with Crippen LogP contribution in [-0.4, -0.2) is 49.2 Å². The molecule has 2 unspecified atom stereocenters. The number of morpholine rings is 1. The van der Waals surface area contributed by atoms with Crippen LogP contribution in [0.4, 0.5) is 0 Å². The van der Waals surface area contributed by atoms with Gasteiger partial charge in [-0.2, -0.15) is 0 Å². The van der Waals surface area contributed by atoms with Gasteiger partial charge in [-0.15, -0.1) is 0 Å². The van der Waals surface area contributed by atoms with Crippen LogP contribution < -0.4 is 5.32 Å². The Balaban J connectivity index is 1.54. The third-order valence-electron chi connectivity index (χ3n) is 5.02. The molecule has 0 saturated carbocycles. The molecular weight excluding hydrogens is 336 g/mol. The zero-order valence-corrected chi connectivity index (χ0v) is 16.3. The molecule has 2 aromatic rings. The van der Waals surface area contributed by atoms with Gasteiger partial charge in [0.2, 0.25) is 5.91 Å². The zero-order chi connectivity index (χ0) is 19.1. The number of hydrogen-bond acceptors (Lipinski definition) is 3. The maximum atomic E-state index is 12.4. The van der Waals surface area contributed by atoms with Crippen LogP contribution in [0, 0.1) is 0 Å². The van der Waals surface area contributed by atoms with E-state index in [1.807, 2.05) is 12.1 Å². The number of amides is 1. The molecule has 1 fully saturated rings. The van der Waals surface area contributed by atoms with Gasteiger partial charge in [-0.1, -0.05) is 60.7 Å². The molecule has 0 radical (unpaired) electrons. The largest absolute Gasteiger partial charge is 0.373 e. The second kappa shape index (κ2) is 9.67. The Bertz CT molecular complexity index is 655. The number of rotatable bonds is 7. The van der Waals surface area contributed by atoms with Gasteiger partial charge in [-0.05, 0) is 31.4 Å². The van der Waals surface area contributed by atoms with Crippen LogP contribution >= 0.6 is 0 Å². The van der Waals surface area contributed by atoms with Crippen molar-refractivity contribution in [2.24, 2.45) is 0 Å². The highest BCUT2D eigenvalue weighted by Gasteiger charge is 2.23. The lowest BCUT2D eigenvalue weighted by Gasteiger charge is -2.34. The minimum Gasteiger partial charge on any atom is -0.373 e. The van der Waals surface area contributed by atoms with Crippen LogP contribution in [0.3, 0.4) is 0 Å². The fourth-order valence-corrected chi connectivity index (χ4v) is 3.92. The van der Waals surface area contributed by atoms with Crippen molar-refractivity contribution in [1.29, 1.82) is 0 Å². The standard InChI is InChI=1S/C23H30N2O2/c1-18-15-25(16-19(2)27-18)17-23(26)24-14-13-22(20-9-5-3-6-10-20)21-11-7-4-8-12-21/h3-12,18-19,22H,13-17H2,1-2H3,(H,24,26). The fourth-order valence-electron chi connectivity index (χ4n) is 3.92. The smallest absolute Gasteiger partial charge is 0.234 e. The summed E-state index contributed by atoms with van der Waals surface area (Å²) in [5.41, 5.74) is 2.57. The normalized spacial score (nSPS) is 20.6. The molecule has 0 bridgehead atoms. The van der Waals surface area contributed by atoms with Gasteiger partial charge in [0.15, 0.2) is 0 Å². The van der Waals surface area contributed by atoms with E-state index in [1.165, 1.54) is 11.1 Å². The van der Waals surface area contributed by atoms with E-state index in [0.717, 1.165) is 19.5 Å². The van der Waals surface area contributed by atoms with Gasteiger partial charge >= 0.3 is 0 Å². The summed E-state index contributed by atoms with van der Waals surface area (Å²) in [5.74, 6) is 0.382. The van der Waals surface area contributed by atoms with Crippen LogP contribution in [0.1, 0.15) is 37.3 Å². The highest BCUT2D eigenvalue weighted by atomic mass is 16.5. The first-order chi connectivity index (χ1) is 13.1. The van der Waals surface area contributed by atoms with Crippen molar-refractivity contribution in [3.05, 3.63) is 71.8 Å². The van der Waals surface area contributed by atoms with E-state index in [4.69, 9.17) is 4.74 Å². The van der Waals surface area contributed by atoms with Crippen LogP contribution in [0.5, 0.6) is 0 Å². The summed E-state index contributed by atoms with van der Waals surface area (Å²) in [6.07, 6.45) is 1.25.